The molecule has 1 saturated carbocycles. The van der Waals surface area contributed by atoms with Gasteiger partial charge in [0, 0.05) is 74.2 Å². The summed E-state index contributed by atoms with van der Waals surface area (Å²) in [5, 5.41) is 27.2. The molecule has 0 radical (unpaired) electrons. The number of hydrogen-bond acceptors (Lipinski definition) is 12. The standard InChI is InChI=1S/C20H18N6S.C17H13ClN6S/c1-12-8-9-21-19(23-12)25-20-24-17(11-27-20)16-10-22-26-18(16)15-6-4-14(5-7-15)13-2-3-13;1-10-6-7-19-16(21-10)23-17-22-14(9-25-17)13-8-20-24-15(13)11-2-4-12(18)5-3-11/h4-11,13H,2-3H2,1H3,(H,22,26)(H,21,23,24,25);2-9H,1H3,(H,20,24)(H,19,21,22,23). The molecule has 0 saturated heterocycles. The molecular weight excluding hydrogens is 712 g/mol. The fourth-order valence-corrected chi connectivity index (χ4v) is 7.00. The number of hydrogen-bond donors (Lipinski definition) is 4. The number of halogens is 1. The molecule has 1 fully saturated rings. The summed E-state index contributed by atoms with van der Waals surface area (Å²) in [5.41, 5.74) is 10.7. The molecule has 9 rings (SSSR count). The molecule has 6 aromatic heterocycles. The predicted octanol–water partition coefficient (Wildman–Crippen LogP) is 9.62. The molecule has 6 heterocycles. The third-order valence-corrected chi connectivity index (χ3v) is 9.99. The van der Waals surface area contributed by atoms with Gasteiger partial charge >= 0.3 is 0 Å². The minimum atomic E-state index is 0.533. The van der Waals surface area contributed by atoms with Gasteiger partial charge in [-0.25, -0.2) is 29.9 Å². The van der Waals surface area contributed by atoms with E-state index in [1.807, 2.05) is 73.4 Å². The molecule has 0 bridgehead atoms. The molecule has 0 aliphatic heterocycles. The van der Waals surface area contributed by atoms with Crippen LogP contribution in [0.25, 0.3) is 45.0 Å². The van der Waals surface area contributed by atoms with E-state index in [0.717, 1.165) is 72.6 Å². The van der Waals surface area contributed by atoms with E-state index in [9.17, 15) is 0 Å². The van der Waals surface area contributed by atoms with Gasteiger partial charge in [0.05, 0.1) is 11.4 Å². The van der Waals surface area contributed by atoms with E-state index in [2.05, 4.69) is 85.2 Å². The smallest absolute Gasteiger partial charge is 0.229 e. The molecule has 258 valence electrons. The Kier molecular flexibility index (Phi) is 9.48. The van der Waals surface area contributed by atoms with Crippen LogP contribution in [0, 0.1) is 13.8 Å². The molecule has 0 amide bonds. The average Bonchev–Trinajstić information content (AvgIpc) is 3.56. The van der Waals surface area contributed by atoms with Crippen LogP contribution >= 0.6 is 34.3 Å². The predicted molar refractivity (Wildman–Crippen MR) is 207 cm³/mol. The quantitative estimate of drug-likeness (QED) is 0.112. The molecular formula is C37H31ClN12S2. The summed E-state index contributed by atoms with van der Waals surface area (Å²) in [7, 11) is 0. The van der Waals surface area contributed by atoms with Gasteiger partial charge in [0.25, 0.3) is 0 Å². The van der Waals surface area contributed by atoms with Crippen molar-refractivity contribution in [2.75, 3.05) is 10.6 Å². The lowest BCUT2D eigenvalue weighted by Crippen LogP contribution is -1.97. The highest BCUT2D eigenvalue weighted by Crippen LogP contribution is 2.41. The Bertz CT molecular complexity index is 2430. The molecule has 0 unspecified atom stereocenters. The molecule has 0 spiro atoms. The second-order valence-corrected chi connectivity index (χ2v) is 14.2. The van der Waals surface area contributed by atoms with Gasteiger partial charge in [-0.1, -0.05) is 48.0 Å². The number of rotatable bonds is 9. The Morgan fingerprint density at radius 2 is 1.12 bits per heavy atom. The molecule has 8 aromatic rings. The monoisotopic (exact) mass is 742 g/mol. The first-order valence-corrected chi connectivity index (χ1v) is 18.6. The van der Waals surface area contributed by atoms with Crippen molar-refractivity contribution in [2.24, 2.45) is 0 Å². The number of anilines is 4. The lowest BCUT2D eigenvalue weighted by molar-refractivity contribution is 1.09. The molecule has 4 N–H and O–H groups in total. The Hall–Kier alpha value is -5.83. The molecule has 12 nitrogen and oxygen atoms in total. The van der Waals surface area contributed by atoms with Gasteiger partial charge in [-0.3, -0.25) is 10.2 Å². The number of nitrogens with zero attached hydrogens (tertiary/aromatic N) is 8. The second-order valence-electron chi connectivity index (χ2n) is 12.1. The van der Waals surface area contributed by atoms with E-state index in [1.54, 1.807) is 12.4 Å². The maximum atomic E-state index is 5.96. The van der Waals surface area contributed by atoms with E-state index in [1.165, 1.54) is 41.1 Å². The number of aryl methyl sites for hydroxylation is 2. The molecule has 1 aliphatic rings. The number of nitrogens with one attached hydrogen (secondary N) is 4. The van der Waals surface area contributed by atoms with E-state index in [4.69, 9.17) is 11.6 Å². The van der Waals surface area contributed by atoms with Crippen LogP contribution in [0.4, 0.5) is 22.2 Å². The molecule has 2 aromatic carbocycles. The van der Waals surface area contributed by atoms with Crippen molar-refractivity contribution in [3.63, 3.8) is 0 Å². The van der Waals surface area contributed by atoms with Gasteiger partial charge < -0.3 is 10.6 Å². The normalized spacial score (nSPS) is 12.3. The number of H-pyrrole nitrogens is 2. The number of benzene rings is 2. The first kappa shape index (κ1) is 33.3. The molecule has 15 heteroatoms. The summed E-state index contributed by atoms with van der Waals surface area (Å²) >= 11 is 8.98. The topological polar surface area (TPSA) is 159 Å². The van der Waals surface area contributed by atoms with Crippen molar-refractivity contribution in [1.29, 1.82) is 0 Å². The van der Waals surface area contributed by atoms with Gasteiger partial charge in [-0.2, -0.15) is 10.2 Å². The zero-order valence-electron chi connectivity index (χ0n) is 28.0. The minimum Gasteiger partial charge on any atom is -0.300 e. The summed E-state index contributed by atoms with van der Waals surface area (Å²) in [6.45, 7) is 3.86. The highest BCUT2D eigenvalue weighted by atomic mass is 35.5. The highest BCUT2D eigenvalue weighted by Gasteiger charge is 2.23. The highest BCUT2D eigenvalue weighted by molar-refractivity contribution is 7.14. The van der Waals surface area contributed by atoms with Crippen molar-refractivity contribution in [1.82, 2.24) is 50.3 Å². The summed E-state index contributed by atoms with van der Waals surface area (Å²) in [6, 6.07) is 20.0. The van der Waals surface area contributed by atoms with Crippen LogP contribution in [0.1, 0.15) is 35.7 Å². The summed E-state index contributed by atoms with van der Waals surface area (Å²) in [5.74, 6) is 1.85. The Balaban J connectivity index is 0.000000149. The third-order valence-electron chi connectivity index (χ3n) is 8.22. The molecule has 0 atom stereocenters. The van der Waals surface area contributed by atoms with Crippen LogP contribution in [0.3, 0.4) is 0 Å². The van der Waals surface area contributed by atoms with Crippen LogP contribution in [0.5, 0.6) is 0 Å². The van der Waals surface area contributed by atoms with Crippen molar-refractivity contribution >= 4 is 56.4 Å². The average molecular weight is 743 g/mol. The minimum absolute atomic E-state index is 0.533. The Morgan fingerprint density at radius 1 is 0.635 bits per heavy atom. The number of aromatic amines is 2. The SMILES string of the molecule is Cc1ccnc(Nc2nc(-c3c[nH]nc3-c3ccc(C4CC4)cc3)cs2)n1.Cc1ccnc(Nc2nc(-c3c[nH]nc3-c3ccc(Cl)cc3)cs2)n1. The fourth-order valence-electron chi connectivity index (χ4n) is 5.47. The molecule has 52 heavy (non-hydrogen) atoms. The van der Waals surface area contributed by atoms with E-state index in [-0.39, 0.29) is 0 Å². The van der Waals surface area contributed by atoms with Gasteiger partial charge in [-0.15, -0.1) is 22.7 Å². The third kappa shape index (κ3) is 7.73. The maximum absolute atomic E-state index is 5.96. The van der Waals surface area contributed by atoms with Gasteiger partial charge in [0.15, 0.2) is 10.3 Å². The Morgan fingerprint density at radius 3 is 1.58 bits per heavy atom. The molecule has 1 aliphatic carbocycles. The number of thiazole rings is 2. The summed E-state index contributed by atoms with van der Waals surface area (Å²) < 4.78 is 0. The van der Waals surface area contributed by atoms with Crippen LogP contribution in [-0.4, -0.2) is 50.3 Å². The van der Waals surface area contributed by atoms with Crippen LogP contribution in [0.2, 0.25) is 5.02 Å². The van der Waals surface area contributed by atoms with Gasteiger partial charge in [0.2, 0.25) is 11.9 Å². The van der Waals surface area contributed by atoms with Crippen molar-refractivity contribution in [3.05, 3.63) is 118 Å². The Labute approximate surface area is 311 Å². The van der Waals surface area contributed by atoms with E-state index < -0.39 is 0 Å². The van der Waals surface area contributed by atoms with Crippen molar-refractivity contribution < 1.29 is 0 Å². The first-order chi connectivity index (χ1) is 25.4. The zero-order chi connectivity index (χ0) is 35.4. The summed E-state index contributed by atoms with van der Waals surface area (Å²) in [4.78, 5) is 26.4. The number of aromatic nitrogens is 10. The van der Waals surface area contributed by atoms with E-state index in [0.29, 0.717) is 16.9 Å². The second kappa shape index (κ2) is 14.8. The lowest BCUT2D eigenvalue weighted by atomic mass is 10.0. The summed E-state index contributed by atoms with van der Waals surface area (Å²) in [6.07, 6.45) is 9.81. The fraction of sp³-hybridized carbons (Fsp3) is 0.135. The van der Waals surface area contributed by atoms with Crippen LogP contribution in [-0.2, 0) is 0 Å². The maximum Gasteiger partial charge on any atom is 0.229 e. The van der Waals surface area contributed by atoms with Crippen molar-refractivity contribution in [2.45, 2.75) is 32.6 Å². The lowest BCUT2D eigenvalue weighted by Gasteiger charge is -2.03. The van der Waals surface area contributed by atoms with E-state index >= 15 is 0 Å². The van der Waals surface area contributed by atoms with Crippen LogP contribution < -0.4 is 10.6 Å². The van der Waals surface area contributed by atoms with Gasteiger partial charge in [0.1, 0.15) is 11.4 Å². The van der Waals surface area contributed by atoms with Crippen LogP contribution in [0.15, 0.2) is 96.2 Å². The van der Waals surface area contributed by atoms with Crippen molar-refractivity contribution in [3.8, 4) is 45.0 Å². The zero-order valence-corrected chi connectivity index (χ0v) is 30.4. The van der Waals surface area contributed by atoms with Gasteiger partial charge in [-0.05, 0) is 62.4 Å². The first-order valence-electron chi connectivity index (χ1n) is 16.4. The largest absolute Gasteiger partial charge is 0.300 e.